The van der Waals surface area contributed by atoms with Crippen molar-refractivity contribution >= 4 is 21.9 Å². The minimum atomic E-state index is -0.331. The predicted octanol–water partition coefficient (Wildman–Crippen LogP) is 2.08. The SMILES string of the molecule is CC(=O)Oc1ccc(Br)nc1C. The maximum Gasteiger partial charge on any atom is 0.308 e. The van der Waals surface area contributed by atoms with Crippen molar-refractivity contribution in [2.24, 2.45) is 0 Å². The topological polar surface area (TPSA) is 39.2 Å². The fraction of sp³-hybridized carbons (Fsp3) is 0.250. The number of aromatic nitrogens is 1. The second kappa shape index (κ2) is 3.67. The van der Waals surface area contributed by atoms with E-state index in [4.69, 9.17) is 4.74 Å². The van der Waals surface area contributed by atoms with Crippen LogP contribution in [0.1, 0.15) is 12.6 Å². The van der Waals surface area contributed by atoms with Gasteiger partial charge in [-0.25, -0.2) is 4.98 Å². The van der Waals surface area contributed by atoms with Gasteiger partial charge in [-0.1, -0.05) is 0 Å². The number of carbonyl (C=O) groups excluding carboxylic acids is 1. The Morgan fingerprint density at radius 2 is 2.25 bits per heavy atom. The first-order valence-electron chi connectivity index (χ1n) is 3.41. The summed E-state index contributed by atoms with van der Waals surface area (Å²) in [6.45, 7) is 3.14. The average Bonchev–Trinajstić information content (AvgIpc) is 1.94. The van der Waals surface area contributed by atoms with Gasteiger partial charge in [0.2, 0.25) is 0 Å². The van der Waals surface area contributed by atoms with Crippen LogP contribution in [0.4, 0.5) is 0 Å². The molecule has 4 heteroatoms. The number of esters is 1. The lowest BCUT2D eigenvalue weighted by molar-refractivity contribution is -0.131. The number of halogens is 1. The summed E-state index contributed by atoms with van der Waals surface area (Å²) in [5.41, 5.74) is 0.694. The van der Waals surface area contributed by atoms with E-state index in [1.165, 1.54) is 6.92 Å². The van der Waals surface area contributed by atoms with Crippen LogP contribution < -0.4 is 4.74 Å². The molecule has 0 atom stereocenters. The molecule has 64 valence electrons. The standard InChI is InChI=1S/C8H8BrNO2/c1-5-7(12-6(2)11)3-4-8(9)10-5/h3-4H,1-2H3. The fourth-order valence-corrected chi connectivity index (χ4v) is 1.18. The normalized spacial score (nSPS) is 9.58. The van der Waals surface area contributed by atoms with Crippen LogP contribution in [0.25, 0.3) is 0 Å². The molecule has 0 aliphatic rings. The van der Waals surface area contributed by atoms with Gasteiger partial charge in [0.1, 0.15) is 4.60 Å². The molecule has 0 saturated heterocycles. The molecular formula is C8H8BrNO2. The van der Waals surface area contributed by atoms with Crippen LogP contribution in [-0.4, -0.2) is 11.0 Å². The van der Waals surface area contributed by atoms with Crippen molar-refractivity contribution in [3.63, 3.8) is 0 Å². The van der Waals surface area contributed by atoms with Crippen molar-refractivity contribution in [1.29, 1.82) is 0 Å². The highest BCUT2D eigenvalue weighted by Gasteiger charge is 2.03. The number of hydrogen-bond acceptors (Lipinski definition) is 3. The van der Waals surface area contributed by atoms with Gasteiger partial charge in [0, 0.05) is 6.92 Å². The minimum absolute atomic E-state index is 0.331. The quantitative estimate of drug-likeness (QED) is 0.547. The van der Waals surface area contributed by atoms with Gasteiger partial charge in [-0.3, -0.25) is 4.79 Å². The molecule has 1 rings (SSSR count). The van der Waals surface area contributed by atoms with Crippen molar-refractivity contribution < 1.29 is 9.53 Å². The largest absolute Gasteiger partial charge is 0.425 e. The van der Waals surface area contributed by atoms with E-state index in [9.17, 15) is 4.79 Å². The average molecular weight is 230 g/mol. The van der Waals surface area contributed by atoms with Crippen LogP contribution in [0.15, 0.2) is 16.7 Å². The zero-order chi connectivity index (χ0) is 9.14. The molecule has 1 aromatic rings. The number of ether oxygens (including phenoxy) is 1. The van der Waals surface area contributed by atoms with Crippen LogP contribution in [0, 0.1) is 6.92 Å². The van der Waals surface area contributed by atoms with Gasteiger partial charge in [0.25, 0.3) is 0 Å². The Morgan fingerprint density at radius 3 is 2.75 bits per heavy atom. The molecule has 0 aliphatic heterocycles. The van der Waals surface area contributed by atoms with Gasteiger partial charge >= 0.3 is 5.97 Å². The summed E-state index contributed by atoms with van der Waals surface area (Å²) in [5.74, 6) is 0.174. The van der Waals surface area contributed by atoms with Crippen molar-refractivity contribution in [2.75, 3.05) is 0 Å². The van der Waals surface area contributed by atoms with E-state index in [0.29, 0.717) is 11.4 Å². The minimum Gasteiger partial charge on any atom is -0.425 e. The third kappa shape index (κ3) is 2.30. The molecule has 12 heavy (non-hydrogen) atoms. The Balaban J connectivity index is 2.93. The number of carbonyl (C=O) groups is 1. The van der Waals surface area contributed by atoms with Crippen molar-refractivity contribution in [2.45, 2.75) is 13.8 Å². The third-order valence-electron chi connectivity index (χ3n) is 1.26. The lowest BCUT2D eigenvalue weighted by Crippen LogP contribution is -2.03. The number of nitrogens with zero attached hydrogens (tertiary/aromatic N) is 1. The molecule has 0 N–H and O–H groups in total. The number of pyridine rings is 1. The van der Waals surface area contributed by atoms with Gasteiger partial charge in [-0.05, 0) is 35.0 Å². The summed E-state index contributed by atoms with van der Waals surface area (Å²) in [4.78, 5) is 14.7. The first-order valence-corrected chi connectivity index (χ1v) is 4.20. The summed E-state index contributed by atoms with van der Waals surface area (Å²) >= 11 is 3.21. The molecule has 1 aromatic heterocycles. The van der Waals surface area contributed by atoms with E-state index in [-0.39, 0.29) is 5.97 Å². The Hall–Kier alpha value is -0.900. The van der Waals surface area contributed by atoms with E-state index >= 15 is 0 Å². The molecular weight excluding hydrogens is 222 g/mol. The second-order valence-corrected chi connectivity index (χ2v) is 3.12. The van der Waals surface area contributed by atoms with Crippen molar-refractivity contribution in [1.82, 2.24) is 4.98 Å². The molecule has 0 aromatic carbocycles. The Bertz CT molecular complexity index is 312. The van der Waals surface area contributed by atoms with Crippen LogP contribution in [-0.2, 0) is 4.79 Å². The molecule has 0 fully saturated rings. The molecule has 0 aliphatic carbocycles. The maximum absolute atomic E-state index is 10.6. The van der Waals surface area contributed by atoms with Crippen LogP contribution in [0.2, 0.25) is 0 Å². The Kier molecular flexibility index (Phi) is 2.81. The lowest BCUT2D eigenvalue weighted by Gasteiger charge is -2.03. The smallest absolute Gasteiger partial charge is 0.308 e. The summed E-state index contributed by atoms with van der Waals surface area (Å²) in [7, 11) is 0. The van der Waals surface area contributed by atoms with Gasteiger partial charge in [-0.15, -0.1) is 0 Å². The lowest BCUT2D eigenvalue weighted by atomic mass is 10.3. The molecule has 3 nitrogen and oxygen atoms in total. The highest BCUT2D eigenvalue weighted by molar-refractivity contribution is 9.10. The number of hydrogen-bond donors (Lipinski definition) is 0. The van der Waals surface area contributed by atoms with Gasteiger partial charge in [0.05, 0.1) is 5.69 Å². The maximum atomic E-state index is 10.6. The number of rotatable bonds is 1. The second-order valence-electron chi connectivity index (χ2n) is 2.31. The zero-order valence-electron chi connectivity index (χ0n) is 6.80. The van der Waals surface area contributed by atoms with E-state index in [0.717, 1.165) is 4.60 Å². The van der Waals surface area contributed by atoms with E-state index in [1.807, 2.05) is 0 Å². The van der Waals surface area contributed by atoms with E-state index < -0.39 is 0 Å². The summed E-state index contributed by atoms with van der Waals surface area (Å²) in [6, 6.07) is 3.43. The van der Waals surface area contributed by atoms with Crippen LogP contribution >= 0.6 is 15.9 Å². The van der Waals surface area contributed by atoms with E-state index in [2.05, 4.69) is 20.9 Å². The van der Waals surface area contributed by atoms with Crippen LogP contribution in [0.3, 0.4) is 0 Å². The summed E-state index contributed by atoms with van der Waals surface area (Å²) in [6.07, 6.45) is 0. The first kappa shape index (κ1) is 9.19. The Labute approximate surface area is 78.9 Å². The predicted molar refractivity (Wildman–Crippen MR) is 48.0 cm³/mol. The zero-order valence-corrected chi connectivity index (χ0v) is 8.38. The monoisotopic (exact) mass is 229 g/mol. The fourth-order valence-electron chi connectivity index (χ4n) is 0.780. The summed E-state index contributed by atoms with van der Waals surface area (Å²) in [5, 5.41) is 0. The summed E-state index contributed by atoms with van der Waals surface area (Å²) < 4.78 is 5.61. The molecule has 0 unspecified atom stereocenters. The van der Waals surface area contributed by atoms with Gasteiger partial charge in [0.15, 0.2) is 5.75 Å². The highest BCUT2D eigenvalue weighted by atomic mass is 79.9. The molecule has 0 spiro atoms. The Morgan fingerprint density at radius 1 is 1.58 bits per heavy atom. The molecule has 0 amide bonds. The van der Waals surface area contributed by atoms with Crippen molar-refractivity contribution in [3.8, 4) is 5.75 Å². The molecule has 0 radical (unpaired) electrons. The molecule has 0 saturated carbocycles. The van der Waals surface area contributed by atoms with Gasteiger partial charge in [-0.2, -0.15) is 0 Å². The van der Waals surface area contributed by atoms with E-state index in [1.54, 1.807) is 19.1 Å². The third-order valence-corrected chi connectivity index (χ3v) is 1.70. The van der Waals surface area contributed by atoms with Crippen molar-refractivity contribution in [3.05, 3.63) is 22.4 Å². The van der Waals surface area contributed by atoms with Crippen LogP contribution in [0.5, 0.6) is 5.75 Å². The van der Waals surface area contributed by atoms with Gasteiger partial charge < -0.3 is 4.74 Å². The number of aryl methyl sites for hydroxylation is 1. The first-order chi connectivity index (χ1) is 5.59. The molecule has 1 heterocycles. The molecule has 0 bridgehead atoms. The highest BCUT2D eigenvalue weighted by Crippen LogP contribution is 2.18.